The Hall–Kier alpha value is -6.13. The van der Waals surface area contributed by atoms with Crippen LogP contribution in [0.5, 0.6) is 0 Å². The molecule has 0 fully saturated rings. The molecule has 0 saturated heterocycles. The van der Waals surface area contributed by atoms with Crippen molar-refractivity contribution in [2.45, 2.75) is 0 Å². The molecule has 0 bridgehead atoms. The van der Waals surface area contributed by atoms with Gasteiger partial charge in [-0.15, -0.1) is 0 Å². The Bertz CT molecular complexity index is 2440. The second-order valence-corrected chi connectivity index (χ2v) is 11.3. The minimum Gasteiger partial charge on any atom is -0.308 e. The zero-order valence-corrected chi connectivity index (χ0v) is 24.3. The van der Waals surface area contributed by atoms with Gasteiger partial charge in [0.15, 0.2) is 0 Å². The predicted molar refractivity (Wildman–Crippen MR) is 185 cm³/mol. The second kappa shape index (κ2) is 10.2. The molecule has 0 radical (unpaired) electrons. The van der Waals surface area contributed by atoms with Gasteiger partial charge in [-0.2, -0.15) is 0 Å². The molecule has 0 aliphatic carbocycles. The highest BCUT2D eigenvalue weighted by molar-refractivity contribution is 6.12. The van der Waals surface area contributed by atoms with Crippen molar-refractivity contribution in [3.8, 4) is 39.5 Å². The van der Waals surface area contributed by atoms with Crippen molar-refractivity contribution >= 4 is 43.4 Å². The van der Waals surface area contributed by atoms with Gasteiger partial charge >= 0.3 is 0 Å². The summed E-state index contributed by atoms with van der Waals surface area (Å²) < 4.78 is 2.31. The summed E-state index contributed by atoms with van der Waals surface area (Å²) in [5, 5.41) is 7.16. The summed E-state index contributed by atoms with van der Waals surface area (Å²) in [7, 11) is 0. The third-order valence-corrected chi connectivity index (χ3v) is 8.69. The lowest BCUT2D eigenvalue weighted by Crippen LogP contribution is -1.96. The fourth-order valence-corrected chi connectivity index (χ4v) is 6.68. The number of rotatable bonds is 4. The van der Waals surface area contributed by atoms with Crippen LogP contribution < -0.4 is 0 Å². The van der Waals surface area contributed by atoms with Crippen LogP contribution in [-0.2, 0) is 0 Å². The van der Waals surface area contributed by atoms with E-state index in [0.717, 1.165) is 50.5 Å². The van der Waals surface area contributed by atoms with Crippen LogP contribution in [0.3, 0.4) is 0 Å². The van der Waals surface area contributed by atoms with E-state index in [-0.39, 0.29) is 0 Å². The molecule has 0 aliphatic heterocycles. The number of hydrogen-bond acceptors (Lipinski definition) is 3. The molecular weight excluding hydrogens is 548 g/mol. The smallest absolute Gasteiger partial charge is 0.0899 e. The van der Waals surface area contributed by atoms with Gasteiger partial charge in [-0.25, -0.2) is 4.98 Å². The highest BCUT2D eigenvalue weighted by atomic mass is 15.0. The van der Waals surface area contributed by atoms with Crippen molar-refractivity contribution in [3.05, 3.63) is 158 Å². The zero-order valence-electron chi connectivity index (χ0n) is 24.3. The van der Waals surface area contributed by atoms with Crippen LogP contribution in [0.4, 0.5) is 0 Å². The highest BCUT2D eigenvalue weighted by Gasteiger charge is 2.17. The molecule has 4 nitrogen and oxygen atoms in total. The highest BCUT2D eigenvalue weighted by Crippen LogP contribution is 2.39. The maximum absolute atomic E-state index is 5.28. The van der Waals surface area contributed by atoms with E-state index in [9.17, 15) is 0 Å². The zero-order chi connectivity index (χ0) is 29.7. The molecule has 0 saturated carbocycles. The van der Waals surface area contributed by atoms with Crippen molar-refractivity contribution in [1.82, 2.24) is 19.5 Å². The molecule has 4 heteroatoms. The topological polar surface area (TPSA) is 43.6 Å². The van der Waals surface area contributed by atoms with Crippen molar-refractivity contribution in [3.63, 3.8) is 0 Å². The van der Waals surface area contributed by atoms with Gasteiger partial charge in [-0.05, 0) is 87.3 Å². The van der Waals surface area contributed by atoms with Gasteiger partial charge in [-0.1, -0.05) is 84.9 Å². The van der Waals surface area contributed by atoms with Gasteiger partial charge in [-0.3, -0.25) is 9.97 Å². The minimum atomic E-state index is 0.839. The lowest BCUT2D eigenvalue weighted by Gasteiger charge is -2.15. The third-order valence-electron chi connectivity index (χ3n) is 8.69. The summed E-state index contributed by atoms with van der Waals surface area (Å²) in [6.07, 6.45) is 5.65. The first-order valence-corrected chi connectivity index (χ1v) is 15.1. The van der Waals surface area contributed by atoms with Crippen LogP contribution in [0.25, 0.3) is 82.8 Å². The van der Waals surface area contributed by atoms with Gasteiger partial charge in [0.05, 0.1) is 34.3 Å². The van der Waals surface area contributed by atoms with Crippen molar-refractivity contribution < 1.29 is 0 Å². The molecule has 4 aromatic heterocycles. The van der Waals surface area contributed by atoms with Crippen LogP contribution >= 0.6 is 0 Å². The molecule has 45 heavy (non-hydrogen) atoms. The van der Waals surface area contributed by atoms with E-state index in [2.05, 4.69) is 131 Å². The number of benzene rings is 5. The average molecular weight is 575 g/mol. The number of hydrogen-bond donors (Lipinski definition) is 0. The second-order valence-electron chi connectivity index (χ2n) is 11.3. The first-order valence-electron chi connectivity index (χ1n) is 15.1. The number of para-hydroxylation sites is 1. The molecule has 0 aliphatic rings. The van der Waals surface area contributed by atoms with Gasteiger partial charge in [0.2, 0.25) is 0 Å². The van der Waals surface area contributed by atoms with Gasteiger partial charge in [0.25, 0.3) is 0 Å². The Balaban J connectivity index is 1.31. The lowest BCUT2D eigenvalue weighted by molar-refractivity contribution is 1.17. The van der Waals surface area contributed by atoms with Crippen molar-refractivity contribution in [2.24, 2.45) is 0 Å². The molecular formula is C41H26N4. The molecule has 0 atom stereocenters. The molecule has 0 amide bonds. The van der Waals surface area contributed by atoms with E-state index in [1.54, 1.807) is 0 Å². The van der Waals surface area contributed by atoms with Crippen molar-refractivity contribution in [2.75, 3.05) is 0 Å². The third kappa shape index (κ3) is 4.19. The van der Waals surface area contributed by atoms with Crippen LogP contribution in [0, 0.1) is 0 Å². The molecule has 5 aromatic carbocycles. The van der Waals surface area contributed by atoms with Crippen LogP contribution in [0.2, 0.25) is 0 Å². The molecule has 9 rings (SSSR count). The predicted octanol–water partition coefficient (Wildman–Crippen LogP) is 10.3. The summed E-state index contributed by atoms with van der Waals surface area (Å²) in [5.74, 6) is 0. The van der Waals surface area contributed by atoms with Crippen LogP contribution in [-0.4, -0.2) is 19.5 Å². The van der Waals surface area contributed by atoms with Crippen molar-refractivity contribution in [1.29, 1.82) is 0 Å². The standard InChI is InChI=1S/C41H26N4/c1-3-14-32-28(10-1)22-29-11-2-4-15-33(29)41(32)38-25-30(24-37(44-38)36-17-7-8-20-43-36)27-12-9-13-31(23-27)45-39-18-6-5-16-34(39)35-19-21-42-26-40(35)45/h1-26H. The molecule has 0 N–H and O–H groups in total. The van der Waals surface area contributed by atoms with Crippen LogP contribution in [0.1, 0.15) is 0 Å². The maximum atomic E-state index is 5.28. The SMILES string of the molecule is c1ccc(-c2cc(-c3cccc(-n4c5ccccc5c5ccncc54)c3)cc(-c3c4ccccc4cc4ccccc34)n2)nc1. The minimum absolute atomic E-state index is 0.839. The Labute approximate surface area is 259 Å². The fraction of sp³-hybridized carbons (Fsp3) is 0. The first-order chi connectivity index (χ1) is 22.3. The molecule has 9 aromatic rings. The van der Waals surface area contributed by atoms with E-state index in [4.69, 9.17) is 9.97 Å². The normalized spacial score (nSPS) is 11.6. The Morgan fingerprint density at radius 2 is 1.16 bits per heavy atom. The quantitative estimate of drug-likeness (QED) is 0.196. The largest absolute Gasteiger partial charge is 0.308 e. The molecule has 210 valence electrons. The monoisotopic (exact) mass is 574 g/mol. The molecule has 0 unspecified atom stereocenters. The maximum Gasteiger partial charge on any atom is 0.0899 e. The fourth-order valence-electron chi connectivity index (χ4n) is 6.68. The first kappa shape index (κ1) is 25.4. The lowest BCUT2D eigenvalue weighted by atomic mass is 9.93. The van der Waals surface area contributed by atoms with Crippen LogP contribution in [0.15, 0.2) is 158 Å². The Kier molecular flexibility index (Phi) is 5.78. The number of nitrogens with zero attached hydrogens (tertiary/aromatic N) is 4. The summed E-state index contributed by atoms with van der Waals surface area (Å²) in [4.78, 5) is 14.5. The van der Waals surface area contributed by atoms with E-state index in [1.807, 2.05) is 36.8 Å². The average Bonchev–Trinajstić information content (AvgIpc) is 3.45. The van der Waals surface area contributed by atoms with E-state index in [1.165, 1.54) is 32.3 Å². The summed E-state index contributed by atoms with van der Waals surface area (Å²) >= 11 is 0. The summed E-state index contributed by atoms with van der Waals surface area (Å²) in [6, 6.07) is 49.2. The van der Waals surface area contributed by atoms with Gasteiger partial charge < -0.3 is 4.57 Å². The van der Waals surface area contributed by atoms with E-state index >= 15 is 0 Å². The summed E-state index contributed by atoms with van der Waals surface area (Å²) in [6.45, 7) is 0. The number of fused-ring (bicyclic) bond motifs is 5. The number of aromatic nitrogens is 4. The Morgan fingerprint density at radius 1 is 0.444 bits per heavy atom. The molecule has 4 heterocycles. The molecule has 0 spiro atoms. The van der Waals surface area contributed by atoms with Gasteiger partial charge in [0.1, 0.15) is 0 Å². The van der Waals surface area contributed by atoms with E-state index in [0.29, 0.717) is 0 Å². The summed E-state index contributed by atoms with van der Waals surface area (Å²) in [5.41, 5.74) is 9.25. The van der Waals surface area contributed by atoms with Gasteiger partial charge in [0, 0.05) is 34.4 Å². The Morgan fingerprint density at radius 3 is 1.96 bits per heavy atom. The number of pyridine rings is 3. The van der Waals surface area contributed by atoms with E-state index < -0.39 is 0 Å².